The number of hydrazone groups is 1. The minimum absolute atomic E-state index is 0.170. The van der Waals surface area contributed by atoms with Gasteiger partial charge in [0.05, 0.1) is 29.6 Å². The van der Waals surface area contributed by atoms with E-state index in [4.69, 9.17) is 14.7 Å². The molecular weight excluding hydrogens is 502 g/mol. The Labute approximate surface area is 224 Å². The van der Waals surface area contributed by atoms with E-state index < -0.39 is 6.03 Å². The number of benzene rings is 2. The fourth-order valence-corrected chi connectivity index (χ4v) is 4.83. The summed E-state index contributed by atoms with van der Waals surface area (Å²) in [6.07, 6.45) is 2.52. The molecule has 0 saturated carbocycles. The van der Waals surface area contributed by atoms with E-state index in [-0.39, 0.29) is 5.75 Å². The Morgan fingerprint density at radius 3 is 2.66 bits per heavy atom. The molecule has 196 valence electrons. The van der Waals surface area contributed by atoms with Gasteiger partial charge in [0.1, 0.15) is 11.6 Å². The number of amides is 2. The Morgan fingerprint density at radius 1 is 1.08 bits per heavy atom. The first-order valence-corrected chi connectivity index (χ1v) is 13.3. The fourth-order valence-electron chi connectivity index (χ4n) is 4.03. The summed E-state index contributed by atoms with van der Waals surface area (Å²) < 4.78 is 6.47. The third kappa shape index (κ3) is 6.82. The summed E-state index contributed by atoms with van der Waals surface area (Å²) in [5.41, 5.74) is 5.55. The van der Waals surface area contributed by atoms with Crippen LogP contribution in [0.1, 0.15) is 12.0 Å². The maximum atomic E-state index is 12.2. The average molecular weight is 532 g/mol. The molecule has 1 aliphatic rings. The van der Waals surface area contributed by atoms with Crippen molar-refractivity contribution in [3.8, 4) is 17.1 Å². The van der Waals surface area contributed by atoms with Crippen LogP contribution in [0.3, 0.4) is 0 Å². The lowest BCUT2D eigenvalue weighted by atomic mass is 10.2. The van der Waals surface area contributed by atoms with Crippen LogP contribution in [0.4, 0.5) is 16.3 Å². The van der Waals surface area contributed by atoms with Crippen molar-refractivity contribution >= 4 is 45.3 Å². The number of hydrogen-bond donors (Lipinski definition) is 4. The molecule has 0 radical (unpaired) electrons. The van der Waals surface area contributed by atoms with Gasteiger partial charge < -0.3 is 20.5 Å². The topological polar surface area (TPSA) is 124 Å². The number of phenols is 1. The van der Waals surface area contributed by atoms with Crippen LogP contribution in [0.5, 0.6) is 5.75 Å². The molecule has 2 aromatic carbocycles. The van der Waals surface area contributed by atoms with Crippen molar-refractivity contribution in [1.82, 2.24) is 20.3 Å². The van der Waals surface area contributed by atoms with Gasteiger partial charge in [-0.05, 0) is 78.5 Å². The van der Waals surface area contributed by atoms with Gasteiger partial charge >= 0.3 is 6.03 Å². The summed E-state index contributed by atoms with van der Waals surface area (Å²) in [5.74, 6) is 1.64. The first-order valence-electron chi connectivity index (χ1n) is 12.4. The molecule has 4 N–H and O–H groups in total. The molecule has 5 rings (SSSR count). The summed E-state index contributed by atoms with van der Waals surface area (Å²) in [7, 11) is 0. The van der Waals surface area contributed by atoms with Crippen molar-refractivity contribution in [1.29, 1.82) is 0 Å². The number of nitrogens with one attached hydrogen (secondary N) is 3. The van der Waals surface area contributed by atoms with Gasteiger partial charge in [0.2, 0.25) is 0 Å². The Kier molecular flexibility index (Phi) is 8.39. The molecule has 2 amide bonds. The zero-order valence-electron chi connectivity index (χ0n) is 20.8. The van der Waals surface area contributed by atoms with Gasteiger partial charge in [0.25, 0.3) is 0 Å². The number of morpholine rings is 1. The Morgan fingerprint density at radius 2 is 1.87 bits per heavy atom. The predicted molar refractivity (Wildman–Crippen MR) is 151 cm³/mol. The molecule has 2 aromatic heterocycles. The van der Waals surface area contributed by atoms with Gasteiger partial charge in [-0.2, -0.15) is 5.10 Å². The van der Waals surface area contributed by atoms with Crippen LogP contribution in [0.25, 0.3) is 21.6 Å². The van der Waals surface area contributed by atoms with E-state index in [1.54, 1.807) is 47.7 Å². The number of carbonyl (C=O) groups is 1. The molecule has 0 aliphatic carbocycles. The number of ether oxygens (including phenoxy) is 1. The normalized spacial score (nSPS) is 14.1. The van der Waals surface area contributed by atoms with Crippen molar-refractivity contribution in [3.05, 3.63) is 65.5 Å². The monoisotopic (exact) mass is 531 g/mol. The first kappa shape index (κ1) is 25.6. The number of aromatic nitrogens is 2. The second-order valence-corrected chi connectivity index (χ2v) is 9.67. The molecule has 3 heterocycles. The number of urea groups is 1. The molecule has 1 saturated heterocycles. The number of fused-ring (bicyclic) bond motifs is 1. The fraction of sp³-hybridized carbons (Fsp3) is 0.259. The van der Waals surface area contributed by atoms with Gasteiger partial charge in [0, 0.05) is 30.9 Å². The zero-order chi connectivity index (χ0) is 26.2. The quantitative estimate of drug-likeness (QED) is 0.144. The van der Waals surface area contributed by atoms with Crippen LogP contribution in [0.2, 0.25) is 0 Å². The highest BCUT2D eigenvalue weighted by atomic mass is 32.1. The molecule has 11 heteroatoms. The average Bonchev–Trinajstić information content (AvgIpc) is 3.42. The number of anilines is 2. The summed E-state index contributed by atoms with van der Waals surface area (Å²) >= 11 is 1.63. The van der Waals surface area contributed by atoms with Gasteiger partial charge in [-0.3, -0.25) is 4.90 Å². The molecule has 0 atom stereocenters. The summed E-state index contributed by atoms with van der Waals surface area (Å²) in [4.78, 5) is 24.2. The number of hydrogen-bond acceptors (Lipinski definition) is 9. The Bertz CT molecular complexity index is 1380. The number of thiophene rings is 1. The van der Waals surface area contributed by atoms with Crippen molar-refractivity contribution in [2.75, 3.05) is 50.0 Å². The largest absolute Gasteiger partial charge is 0.508 e. The highest BCUT2D eigenvalue weighted by Gasteiger charge is 2.12. The summed E-state index contributed by atoms with van der Waals surface area (Å²) in [6.45, 7) is 5.47. The number of nitrogens with zero attached hydrogens (tertiary/aromatic N) is 4. The van der Waals surface area contributed by atoms with Crippen LogP contribution in [-0.4, -0.2) is 71.6 Å². The molecule has 1 fully saturated rings. The Hall–Kier alpha value is -4.06. The van der Waals surface area contributed by atoms with Gasteiger partial charge in [-0.25, -0.2) is 20.2 Å². The lowest BCUT2D eigenvalue weighted by Gasteiger charge is -2.26. The van der Waals surface area contributed by atoms with E-state index in [0.29, 0.717) is 11.5 Å². The summed E-state index contributed by atoms with van der Waals surface area (Å²) in [5, 5.41) is 21.5. The van der Waals surface area contributed by atoms with E-state index in [9.17, 15) is 9.90 Å². The highest BCUT2D eigenvalue weighted by Crippen LogP contribution is 2.29. The smallest absolute Gasteiger partial charge is 0.339 e. The van der Waals surface area contributed by atoms with Crippen LogP contribution in [0, 0.1) is 0 Å². The Balaban J connectivity index is 1.18. The maximum absolute atomic E-state index is 12.2. The molecule has 38 heavy (non-hydrogen) atoms. The maximum Gasteiger partial charge on any atom is 0.339 e. The van der Waals surface area contributed by atoms with Gasteiger partial charge in [-0.1, -0.05) is 0 Å². The lowest BCUT2D eigenvalue weighted by Crippen LogP contribution is -2.37. The van der Waals surface area contributed by atoms with E-state index in [0.717, 1.165) is 73.0 Å². The van der Waals surface area contributed by atoms with Crippen molar-refractivity contribution < 1.29 is 14.6 Å². The van der Waals surface area contributed by atoms with Crippen LogP contribution in [-0.2, 0) is 4.74 Å². The third-order valence-electron chi connectivity index (χ3n) is 6.02. The molecule has 0 unspecified atom stereocenters. The van der Waals surface area contributed by atoms with E-state index >= 15 is 0 Å². The molecule has 4 aromatic rings. The second kappa shape index (κ2) is 12.5. The molecule has 10 nitrogen and oxygen atoms in total. The van der Waals surface area contributed by atoms with Crippen LogP contribution in [0.15, 0.2) is 65.1 Å². The van der Waals surface area contributed by atoms with Crippen molar-refractivity contribution in [2.24, 2.45) is 5.10 Å². The standard InChI is InChI=1S/C27H29N7O3S/c35-22-8-2-19(3-9-22)18-29-33-27(36)30-21-6-4-20(5-7-21)25-31-23-10-17-38-24(23)26(32-25)28-11-1-12-34-13-15-37-16-14-34/h2-10,17-18,35H,1,11-16H2,(H,28,31,32)(H2,30,33,36)/b29-18+. The van der Waals surface area contributed by atoms with E-state index in [1.165, 1.54) is 6.21 Å². The van der Waals surface area contributed by atoms with E-state index in [2.05, 4.69) is 26.1 Å². The van der Waals surface area contributed by atoms with Crippen LogP contribution >= 0.6 is 11.3 Å². The van der Waals surface area contributed by atoms with Gasteiger partial charge in [0.15, 0.2) is 5.82 Å². The van der Waals surface area contributed by atoms with Crippen molar-refractivity contribution in [2.45, 2.75) is 6.42 Å². The first-order chi connectivity index (χ1) is 18.6. The lowest BCUT2D eigenvalue weighted by molar-refractivity contribution is 0.0378. The summed E-state index contributed by atoms with van der Waals surface area (Å²) in [6, 6.07) is 15.4. The molecule has 0 bridgehead atoms. The number of phenolic OH excluding ortho intramolecular Hbond substituents is 1. The second-order valence-electron chi connectivity index (χ2n) is 8.76. The minimum Gasteiger partial charge on any atom is -0.508 e. The SMILES string of the molecule is O=C(N/N=C/c1ccc(O)cc1)Nc1ccc(-c2nc(NCCCN3CCOCC3)c3sccc3n2)cc1. The van der Waals surface area contributed by atoms with Crippen LogP contribution < -0.4 is 16.1 Å². The number of rotatable bonds is 9. The number of aromatic hydroxyl groups is 1. The molecular formula is C27H29N7O3S. The molecule has 0 spiro atoms. The number of carbonyl (C=O) groups excluding carboxylic acids is 1. The predicted octanol–water partition coefficient (Wildman–Crippen LogP) is 4.35. The van der Waals surface area contributed by atoms with E-state index in [1.807, 2.05) is 23.6 Å². The van der Waals surface area contributed by atoms with Crippen molar-refractivity contribution in [3.63, 3.8) is 0 Å². The zero-order valence-corrected chi connectivity index (χ0v) is 21.6. The van der Waals surface area contributed by atoms with Gasteiger partial charge in [-0.15, -0.1) is 11.3 Å². The minimum atomic E-state index is -0.465. The third-order valence-corrected chi connectivity index (χ3v) is 6.93. The highest BCUT2D eigenvalue weighted by molar-refractivity contribution is 7.17. The molecule has 1 aliphatic heterocycles.